The predicted molar refractivity (Wildman–Crippen MR) is 105 cm³/mol. The molecule has 1 aliphatic heterocycles. The Balaban J connectivity index is 0.000000339. The molecule has 0 radical (unpaired) electrons. The van der Waals surface area contributed by atoms with Crippen LogP contribution in [0.1, 0.15) is 16.2 Å². The van der Waals surface area contributed by atoms with Gasteiger partial charge in [-0.15, -0.1) is 0 Å². The Labute approximate surface area is 175 Å². The number of rotatable bonds is 2. The van der Waals surface area contributed by atoms with Crippen LogP contribution < -0.4 is 0 Å². The molecule has 1 N–H and O–H groups in total. The number of amides is 1. The lowest BCUT2D eigenvalue weighted by molar-refractivity contribution is -0.192. The number of carboxylic acids is 1. The van der Waals surface area contributed by atoms with E-state index in [0.29, 0.717) is 18.8 Å². The fourth-order valence-electron chi connectivity index (χ4n) is 3.21. The molecule has 1 atom stereocenters. The molecule has 3 aromatic rings. The van der Waals surface area contributed by atoms with E-state index in [9.17, 15) is 18.0 Å². The summed E-state index contributed by atoms with van der Waals surface area (Å²) >= 11 is 0. The van der Waals surface area contributed by atoms with Gasteiger partial charge in [-0.1, -0.05) is 24.3 Å². The van der Waals surface area contributed by atoms with Gasteiger partial charge in [0.15, 0.2) is 0 Å². The molecular weight excluding hydrogens is 415 g/mol. The van der Waals surface area contributed by atoms with Gasteiger partial charge in [0.2, 0.25) is 0 Å². The molecule has 1 aromatic carbocycles. The lowest BCUT2D eigenvalue weighted by atomic mass is 10.2. The zero-order valence-corrected chi connectivity index (χ0v) is 16.5. The largest absolute Gasteiger partial charge is 0.490 e. The van der Waals surface area contributed by atoms with Gasteiger partial charge >= 0.3 is 12.1 Å². The number of aliphatic carboxylic acids is 1. The number of carboxylic acid groups (broad SMARTS) is 1. The number of alkyl halides is 3. The first-order valence-electron chi connectivity index (χ1n) is 9.31. The molecule has 164 valence electrons. The molecule has 7 nitrogen and oxygen atoms in total. The molecule has 0 saturated carbocycles. The van der Waals surface area contributed by atoms with E-state index in [-0.39, 0.29) is 12.0 Å². The van der Waals surface area contributed by atoms with Crippen LogP contribution in [-0.4, -0.2) is 57.4 Å². The molecule has 10 heteroatoms. The highest BCUT2D eigenvalue weighted by atomic mass is 19.4. The summed E-state index contributed by atoms with van der Waals surface area (Å²) in [4.78, 5) is 28.2. The lowest BCUT2D eigenvalue weighted by Gasteiger charge is -2.23. The predicted octanol–water partition coefficient (Wildman–Crippen LogP) is 3.34. The highest BCUT2D eigenvalue weighted by molar-refractivity contribution is 5.94. The third-order valence-electron chi connectivity index (χ3n) is 4.78. The Morgan fingerprint density at radius 3 is 2.48 bits per heavy atom. The number of hydrogen-bond acceptors (Lipinski definition) is 4. The van der Waals surface area contributed by atoms with Crippen molar-refractivity contribution < 1.29 is 32.6 Å². The van der Waals surface area contributed by atoms with Crippen molar-refractivity contribution in [1.82, 2.24) is 14.5 Å². The summed E-state index contributed by atoms with van der Waals surface area (Å²) < 4.78 is 39.4. The van der Waals surface area contributed by atoms with Crippen molar-refractivity contribution in [3.05, 3.63) is 66.1 Å². The van der Waals surface area contributed by atoms with E-state index in [1.54, 1.807) is 13.2 Å². The number of carbonyl (C=O) groups is 2. The van der Waals surface area contributed by atoms with Crippen LogP contribution >= 0.6 is 0 Å². The van der Waals surface area contributed by atoms with Gasteiger partial charge in [0.25, 0.3) is 5.91 Å². The van der Waals surface area contributed by atoms with Crippen LogP contribution in [0.5, 0.6) is 0 Å². The Hall–Kier alpha value is -3.40. The number of para-hydroxylation sites is 1. The minimum absolute atomic E-state index is 0.0249. The van der Waals surface area contributed by atoms with Crippen molar-refractivity contribution in [1.29, 1.82) is 0 Å². The van der Waals surface area contributed by atoms with Crippen LogP contribution in [0.15, 0.2) is 54.7 Å². The first-order valence-corrected chi connectivity index (χ1v) is 9.31. The molecule has 1 amide bonds. The maximum Gasteiger partial charge on any atom is 0.490 e. The number of carbonyl (C=O) groups excluding carboxylic acids is 1. The number of ether oxygens (including phenoxy) is 1. The van der Waals surface area contributed by atoms with Crippen LogP contribution in [0.2, 0.25) is 0 Å². The second kappa shape index (κ2) is 9.17. The molecule has 1 aliphatic rings. The number of fused-ring (bicyclic) bond motifs is 2. The van der Waals surface area contributed by atoms with Gasteiger partial charge in [0.05, 0.1) is 24.7 Å². The minimum Gasteiger partial charge on any atom is -0.475 e. The van der Waals surface area contributed by atoms with Gasteiger partial charge in [-0.3, -0.25) is 4.79 Å². The lowest BCUT2D eigenvalue weighted by Crippen LogP contribution is -2.37. The summed E-state index contributed by atoms with van der Waals surface area (Å²) in [6, 6.07) is 15.6. The SMILES string of the molecule is COC1CN(C(=O)c2ccc3ccccc3n2)Cc2cccn2C1.O=C(O)C(F)(F)F. The molecule has 0 bridgehead atoms. The molecular formula is C21H20F3N3O4. The van der Waals surface area contributed by atoms with Crippen molar-refractivity contribution in [3.8, 4) is 0 Å². The van der Waals surface area contributed by atoms with Crippen molar-refractivity contribution in [2.24, 2.45) is 0 Å². The van der Waals surface area contributed by atoms with Gasteiger partial charge in [-0.05, 0) is 24.3 Å². The maximum absolute atomic E-state index is 13.0. The molecule has 31 heavy (non-hydrogen) atoms. The standard InChI is InChI=1S/C19H19N3O2.C2HF3O2/c1-24-16-12-21-10-4-6-15(21)11-22(13-16)19(23)18-9-8-14-5-2-3-7-17(14)20-18;3-2(4,5)1(6)7/h2-10,16H,11-13H2,1H3;(H,6,7). The molecule has 3 heterocycles. The Morgan fingerprint density at radius 2 is 1.81 bits per heavy atom. The van der Waals surface area contributed by atoms with Gasteiger partial charge in [0, 0.05) is 30.9 Å². The number of aromatic nitrogens is 2. The summed E-state index contributed by atoms with van der Waals surface area (Å²) in [7, 11) is 1.69. The van der Waals surface area contributed by atoms with E-state index >= 15 is 0 Å². The van der Waals surface area contributed by atoms with E-state index in [1.807, 2.05) is 53.6 Å². The number of nitrogens with zero attached hydrogens (tertiary/aromatic N) is 3. The van der Waals surface area contributed by atoms with Crippen molar-refractivity contribution in [2.75, 3.05) is 13.7 Å². The second-order valence-corrected chi connectivity index (χ2v) is 6.89. The summed E-state index contributed by atoms with van der Waals surface area (Å²) in [5.74, 6) is -2.81. The molecule has 0 fully saturated rings. The van der Waals surface area contributed by atoms with Gasteiger partial charge in [-0.25, -0.2) is 9.78 Å². The molecule has 0 saturated heterocycles. The zero-order valence-electron chi connectivity index (χ0n) is 16.5. The van der Waals surface area contributed by atoms with Crippen LogP contribution in [-0.2, 0) is 22.6 Å². The monoisotopic (exact) mass is 435 g/mol. The summed E-state index contributed by atoms with van der Waals surface area (Å²) in [5, 5.41) is 8.16. The Kier molecular flexibility index (Phi) is 6.59. The van der Waals surface area contributed by atoms with Crippen molar-refractivity contribution in [3.63, 3.8) is 0 Å². The molecule has 1 unspecified atom stereocenters. The Morgan fingerprint density at radius 1 is 1.10 bits per heavy atom. The topological polar surface area (TPSA) is 84.7 Å². The van der Waals surface area contributed by atoms with Crippen LogP contribution in [0.4, 0.5) is 13.2 Å². The van der Waals surface area contributed by atoms with E-state index in [0.717, 1.165) is 23.1 Å². The molecule has 2 aromatic heterocycles. The Bertz CT molecular complexity index is 1080. The maximum atomic E-state index is 13.0. The van der Waals surface area contributed by atoms with E-state index in [4.69, 9.17) is 14.6 Å². The normalized spacial score (nSPS) is 16.1. The molecule has 0 aliphatic carbocycles. The van der Waals surface area contributed by atoms with Crippen LogP contribution in [0.3, 0.4) is 0 Å². The second-order valence-electron chi connectivity index (χ2n) is 6.89. The smallest absolute Gasteiger partial charge is 0.475 e. The molecule has 4 rings (SSSR count). The first-order chi connectivity index (χ1) is 14.7. The van der Waals surface area contributed by atoms with Crippen molar-refractivity contribution in [2.45, 2.75) is 25.4 Å². The third kappa shape index (κ3) is 5.40. The highest BCUT2D eigenvalue weighted by Crippen LogP contribution is 2.19. The quantitative estimate of drug-likeness (QED) is 0.668. The van der Waals surface area contributed by atoms with E-state index in [1.165, 1.54) is 0 Å². The van der Waals surface area contributed by atoms with Crippen LogP contribution in [0.25, 0.3) is 10.9 Å². The number of hydrogen-bond donors (Lipinski definition) is 1. The number of halogens is 3. The minimum atomic E-state index is -5.08. The number of benzene rings is 1. The van der Waals surface area contributed by atoms with E-state index in [2.05, 4.69) is 9.55 Å². The summed E-state index contributed by atoms with van der Waals surface area (Å²) in [6.45, 7) is 1.89. The first kappa shape index (κ1) is 22.3. The number of methoxy groups -OCH3 is 1. The van der Waals surface area contributed by atoms with Gasteiger partial charge < -0.3 is 19.3 Å². The van der Waals surface area contributed by atoms with Crippen molar-refractivity contribution >= 4 is 22.8 Å². The van der Waals surface area contributed by atoms with Gasteiger partial charge in [0.1, 0.15) is 5.69 Å². The fraction of sp³-hybridized carbons (Fsp3) is 0.286. The van der Waals surface area contributed by atoms with E-state index < -0.39 is 12.1 Å². The molecule has 0 spiro atoms. The highest BCUT2D eigenvalue weighted by Gasteiger charge is 2.38. The average molecular weight is 435 g/mol. The van der Waals surface area contributed by atoms with Crippen LogP contribution in [0, 0.1) is 0 Å². The fourth-order valence-corrected chi connectivity index (χ4v) is 3.21. The zero-order chi connectivity index (χ0) is 22.6. The number of pyridine rings is 1. The van der Waals surface area contributed by atoms with Gasteiger partial charge in [-0.2, -0.15) is 13.2 Å². The third-order valence-corrected chi connectivity index (χ3v) is 4.78. The average Bonchev–Trinajstić information content (AvgIpc) is 3.10. The summed E-state index contributed by atoms with van der Waals surface area (Å²) in [5.41, 5.74) is 2.43. The summed E-state index contributed by atoms with van der Waals surface area (Å²) in [6.07, 6.45) is -3.08.